The van der Waals surface area contributed by atoms with E-state index in [-0.39, 0.29) is 11.4 Å². The smallest absolute Gasteiger partial charge is 0.229 e. The number of nitrogens with one attached hydrogen (secondary N) is 1. The minimum atomic E-state index is -0.230. The van der Waals surface area contributed by atoms with Crippen molar-refractivity contribution in [1.82, 2.24) is 4.57 Å². The highest BCUT2D eigenvalue weighted by Crippen LogP contribution is 2.52. The molecule has 41 heavy (non-hydrogen) atoms. The van der Waals surface area contributed by atoms with Crippen molar-refractivity contribution in [2.75, 3.05) is 0 Å². The SMILES string of the molecule is C/C(=N\C(=N/C(=N)n1c2ccccc2c2ccc3c(c21)C(C)(C)c1ccccc1-3)c1ccccc1)c1ccccc1. The second-order valence-electron chi connectivity index (χ2n) is 11.1. The molecular weight excluding hydrogens is 500 g/mol. The number of benzene rings is 5. The molecule has 4 nitrogen and oxygen atoms in total. The number of hydrogen-bond acceptors (Lipinski definition) is 1. The maximum Gasteiger partial charge on any atom is 0.229 e. The number of amidine groups is 1. The summed E-state index contributed by atoms with van der Waals surface area (Å²) in [7, 11) is 0. The van der Waals surface area contributed by atoms with Crippen LogP contribution in [0.5, 0.6) is 0 Å². The number of hydrogen-bond donors (Lipinski definition) is 1. The second kappa shape index (κ2) is 9.53. The fourth-order valence-corrected chi connectivity index (χ4v) is 6.33. The molecule has 0 fully saturated rings. The molecule has 7 rings (SSSR count). The van der Waals surface area contributed by atoms with Crippen LogP contribution in [0.25, 0.3) is 32.9 Å². The molecule has 0 saturated carbocycles. The van der Waals surface area contributed by atoms with Crippen LogP contribution in [0.4, 0.5) is 0 Å². The summed E-state index contributed by atoms with van der Waals surface area (Å²) in [6.07, 6.45) is 0. The van der Waals surface area contributed by atoms with Gasteiger partial charge in [-0.05, 0) is 40.8 Å². The lowest BCUT2D eigenvalue weighted by Gasteiger charge is -2.23. The lowest BCUT2D eigenvalue weighted by Crippen LogP contribution is -2.19. The Bertz CT molecular complexity index is 2030. The average Bonchev–Trinajstić information content (AvgIpc) is 3.47. The molecule has 0 spiro atoms. The number of aromatic nitrogens is 1. The highest BCUT2D eigenvalue weighted by atomic mass is 15.2. The van der Waals surface area contributed by atoms with Gasteiger partial charge in [0, 0.05) is 27.5 Å². The summed E-state index contributed by atoms with van der Waals surface area (Å²) in [6, 6.07) is 41.5. The van der Waals surface area contributed by atoms with Crippen molar-refractivity contribution in [3.8, 4) is 11.1 Å². The molecule has 0 radical (unpaired) electrons. The van der Waals surface area contributed by atoms with Crippen LogP contribution in [0.15, 0.2) is 131 Å². The number of fused-ring (bicyclic) bond motifs is 7. The molecule has 0 saturated heterocycles. The highest BCUT2D eigenvalue weighted by Gasteiger charge is 2.38. The van der Waals surface area contributed by atoms with Gasteiger partial charge in [0.15, 0.2) is 5.84 Å². The fraction of sp³-hybridized carbons (Fsp3) is 0.108. The third-order valence-electron chi connectivity index (χ3n) is 8.27. The van der Waals surface area contributed by atoms with Crippen LogP contribution in [0.3, 0.4) is 0 Å². The van der Waals surface area contributed by atoms with Crippen LogP contribution < -0.4 is 0 Å². The molecule has 0 atom stereocenters. The van der Waals surface area contributed by atoms with Gasteiger partial charge in [0.25, 0.3) is 0 Å². The second-order valence-corrected chi connectivity index (χ2v) is 11.1. The molecular formula is C37H30N4. The molecule has 0 amide bonds. The number of rotatable bonds is 2. The first kappa shape index (κ1) is 24.9. The molecule has 1 aliphatic carbocycles. The van der Waals surface area contributed by atoms with Crippen LogP contribution >= 0.6 is 0 Å². The molecule has 1 aliphatic rings. The quantitative estimate of drug-likeness (QED) is 0.172. The predicted octanol–water partition coefficient (Wildman–Crippen LogP) is 8.84. The standard InChI is InChI=1S/C37H30N4/c1-24(25-14-6-4-7-15-25)39-35(26-16-8-5-9-17-26)40-36(38)41-32-21-13-11-19-28(32)30-23-22-29-27-18-10-12-20-31(27)37(2,3)33(29)34(30)41/h4-23,38H,1-3H3/b38-36?,39-24+,40-35-. The average molecular weight is 531 g/mol. The van der Waals surface area contributed by atoms with Gasteiger partial charge >= 0.3 is 0 Å². The zero-order chi connectivity index (χ0) is 28.1. The van der Waals surface area contributed by atoms with Crippen LogP contribution in [-0.2, 0) is 5.41 Å². The van der Waals surface area contributed by atoms with Crippen molar-refractivity contribution in [3.05, 3.63) is 144 Å². The van der Waals surface area contributed by atoms with E-state index in [1.807, 2.05) is 78.2 Å². The van der Waals surface area contributed by atoms with Gasteiger partial charge in [-0.15, -0.1) is 0 Å². The third kappa shape index (κ3) is 3.94. The first-order chi connectivity index (χ1) is 19.9. The van der Waals surface area contributed by atoms with Gasteiger partial charge in [-0.2, -0.15) is 4.99 Å². The Balaban J connectivity index is 1.50. The van der Waals surface area contributed by atoms with E-state index in [0.29, 0.717) is 5.84 Å². The van der Waals surface area contributed by atoms with E-state index < -0.39 is 0 Å². The topological polar surface area (TPSA) is 53.5 Å². The molecule has 1 heterocycles. The van der Waals surface area contributed by atoms with E-state index in [4.69, 9.17) is 9.98 Å². The maximum absolute atomic E-state index is 9.50. The maximum atomic E-state index is 9.50. The van der Waals surface area contributed by atoms with E-state index in [2.05, 4.69) is 68.4 Å². The first-order valence-electron chi connectivity index (χ1n) is 14.0. The fourth-order valence-electron chi connectivity index (χ4n) is 6.33. The lowest BCUT2D eigenvalue weighted by atomic mass is 9.81. The molecule has 0 bridgehead atoms. The summed E-state index contributed by atoms with van der Waals surface area (Å²) in [5, 5.41) is 11.7. The Labute approximate surface area is 239 Å². The van der Waals surface area contributed by atoms with Crippen LogP contribution in [0.1, 0.15) is 43.0 Å². The van der Waals surface area contributed by atoms with Crippen molar-refractivity contribution in [3.63, 3.8) is 0 Å². The predicted molar refractivity (Wildman–Crippen MR) is 172 cm³/mol. The Kier molecular flexibility index (Phi) is 5.79. The van der Waals surface area contributed by atoms with E-state index in [9.17, 15) is 5.41 Å². The zero-order valence-corrected chi connectivity index (χ0v) is 23.4. The summed E-state index contributed by atoms with van der Waals surface area (Å²) >= 11 is 0. The van der Waals surface area contributed by atoms with Crippen molar-refractivity contribution in [2.24, 2.45) is 9.98 Å². The number of nitrogens with zero attached hydrogens (tertiary/aromatic N) is 3. The third-order valence-corrected chi connectivity index (χ3v) is 8.27. The van der Waals surface area contributed by atoms with Gasteiger partial charge in [-0.1, -0.05) is 129 Å². The molecule has 0 aliphatic heterocycles. The summed E-state index contributed by atoms with van der Waals surface area (Å²) in [5.41, 5.74) is 9.53. The van der Waals surface area contributed by atoms with Crippen LogP contribution in [0, 0.1) is 5.41 Å². The summed E-state index contributed by atoms with van der Waals surface area (Å²) < 4.78 is 2.02. The van der Waals surface area contributed by atoms with Gasteiger partial charge in [0.05, 0.1) is 11.0 Å². The summed E-state index contributed by atoms with van der Waals surface area (Å²) in [4.78, 5) is 9.93. The monoisotopic (exact) mass is 530 g/mol. The molecule has 6 aromatic rings. The molecule has 4 heteroatoms. The zero-order valence-electron chi connectivity index (χ0n) is 23.4. The minimum absolute atomic E-state index is 0.139. The van der Waals surface area contributed by atoms with Crippen molar-refractivity contribution >= 4 is 39.3 Å². The minimum Gasteiger partial charge on any atom is -0.278 e. The normalized spacial score (nSPS) is 14.3. The van der Waals surface area contributed by atoms with Gasteiger partial charge in [-0.25, -0.2) is 4.99 Å². The van der Waals surface area contributed by atoms with Crippen LogP contribution in [0.2, 0.25) is 0 Å². The van der Waals surface area contributed by atoms with Gasteiger partial charge < -0.3 is 0 Å². The van der Waals surface area contributed by atoms with Crippen molar-refractivity contribution < 1.29 is 0 Å². The Morgan fingerprint density at radius 3 is 2.02 bits per heavy atom. The summed E-state index contributed by atoms with van der Waals surface area (Å²) in [6.45, 7) is 6.56. The number of para-hydroxylation sites is 1. The Hall–Kier alpha value is -5.09. The Morgan fingerprint density at radius 1 is 0.634 bits per heavy atom. The summed E-state index contributed by atoms with van der Waals surface area (Å²) in [5.74, 6) is 0.651. The van der Waals surface area contributed by atoms with Gasteiger partial charge in [0.2, 0.25) is 5.96 Å². The van der Waals surface area contributed by atoms with Gasteiger partial charge in [-0.3, -0.25) is 9.98 Å². The largest absolute Gasteiger partial charge is 0.278 e. The first-order valence-corrected chi connectivity index (χ1v) is 14.0. The van der Waals surface area contributed by atoms with E-state index in [1.54, 1.807) is 0 Å². The van der Waals surface area contributed by atoms with E-state index in [0.717, 1.165) is 38.6 Å². The molecule has 1 N–H and O–H groups in total. The molecule has 198 valence electrons. The Morgan fingerprint density at radius 2 is 1.27 bits per heavy atom. The molecule has 0 unspecified atom stereocenters. The number of aliphatic imine (C=N–C) groups is 2. The molecule has 1 aromatic heterocycles. The lowest BCUT2D eigenvalue weighted by molar-refractivity contribution is 0.664. The van der Waals surface area contributed by atoms with Crippen molar-refractivity contribution in [2.45, 2.75) is 26.2 Å². The van der Waals surface area contributed by atoms with Gasteiger partial charge in [0.1, 0.15) is 0 Å². The molecule has 5 aromatic carbocycles. The highest BCUT2D eigenvalue weighted by molar-refractivity contribution is 6.19. The van der Waals surface area contributed by atoms with E-state index >= 15 is 0 Å². The van der Waals surface area contributed by atoms with Crippen LogP contribution in [-0.4, -0.2) is 22.1 Å². The van der Waals surface area contributed by atoms with E-state index in [1.165, 1.54) is 22.3 Å². The van der Waals surface area contributed by atoms with Crippen molar-refractivity contribution in [1.29, 1.82) is 5.41 Å².